The van der Waals surface area contributed by atoms with E-state index in [1.165, 1.54) is 10.8 Å². The van der Waals surface area contributed by atoms with Crippen LogP contribution in [0.15, 0.2) is 71.7 Å². The lowest BCUT2D eigenvalue weighted by molar-refractivity contribution is 0.112. The summed E-state index contributed by atoms with van der Waals surface area (Å²) in [6, 6.07) is 19.4. The van der Waals surface area contributed by atoms with Gasteiger partial charge in [-0.2, -0.15) is 4.98 Å². The molecule has 26 heavy (non-hydrogen) atoms. The summed E-state index contributed by atoms with van der Waals surface area (Å²) >= 11 is 6.02. The molecule has 1 aromatic heterocycles. The first-order chi connectivity index (χ1) is 12.7. The van der Waals surface area contributed by atoms with E-state index < -0.39 is 0 Å². The molecule has 0 atom stereocenters. The van der Waals surface area contributed by atoms with Crippen LogP contribution in [0.2, 0.25) is 5.15 Å². The molecule has 0 spiro atoms. The largest absolute Gasteiger partial charge is 0.469 e. The molecule has 0 fully saturated rings. The summed E-state index contributed by atoms with van der Waals surface area (Å²) in [7, 11) is 0. The molecule has 3 aromatic rings. The van der Waals surface area contributed by atoms with E-state index in [0.717, 1.165) is 11.1 Å². The van der Waals surface area contributed by atoms with Gasteiger partial charge in [0, 0.05) is 12.7 Å². The molecule has 5 nitrogen and oxygen atoms in total. The number of hydrogen-bond donors (Lipinski definition) is 0. The Kier molecular flexibility index (Phi) is 6.41. The second-order valence-electron chi connectivity index (χ2n) is 5.68. The molecule has 0 saturated heterocycles. The summed E-state index contributed by atoms with van der Waals surface area (Å²) in [5.74, 6) is -0.00980. The highest BCUT2D eigenvalue weighted by atomic mass is 35.5. The fraction of sp³-hybridized carbons (Fsp3) is 0.200. The quantitative estimate of drug-likeness (QED) is 0.567. The van der Waals surface area contributed by atoms with E-state index in [2.05, 4.69) is 4.98 Å². The Morgan fingerprint density at radius 3 is 2.19 bits per heavy atom. The molecule has 0 radical (unpaired) electrons. The van der Waals surface area contributed by atoms with Crippen molar-refractivity contribution in [3.05, 3.63) is 93.5 Å². The van der Waals surface area contributed by atoms with E-state index in [9.17, 15) is 4.79 Å². The molecule has 0 aliphatic heterocycles. The molecule has 0 aliphatic carbocycles. The van der Waals surface area contributed by atoms with Crippen LogP contribution in [0.3, 0.4) is 0 Å². The highest BCUT2D eigenvalue weighted by Gasteiger charge is 2.09. The van der Waals surface area contributed by atoms with Crippen LogP contribution >= 0.6 is 11.6 Å². The maximum Gasteiger partial charge on any atom is 0.313 e. The first kappa shape index (κ1) is 18.2. The monoisotopic (exact) mass is 370 g/mol. The maximum atomic E-state index is 12.5. The lowest BCUT2D eigenvalue weighted by Crippen LogP contribution is -2.25. The van der Waals surface area contributed by atoms with E-state index in [1.54, 1.807) is 0 Å². The van der Waals surface area contributed by atoms with Gasteiger partial charge in [-0.15, -0.1) is 0 Å². The number of ether oxygens (including phenoxy) is 2. The van der Waals surface area contributed by atoms with Gasteiger partial charge in [0.25, 0.3) is 5.88 Å². The molecule has 0 unspecified atom stereocenters. The summed E-state index contributed by atoms with van der Waals surface area (Å²) in [5.41, 5.74) is 1.71. The first-order valence-electron chi connectivity index (χ1n) is 8.28. The molecule has 0 saturated carbocycles. The predicted octanol–water partition coefficient (Wildman–Crippen LogP) is 3.69. The minimum absolute atomic E-state index is 0.00980. The van der Waals surface area contributed by atoms with Gasteiger partial charge in [0.05, 0.1) is 13.2 Å². The number of hydrogen-bond acceptors (Lipinski definition) is 4. The third-order valence-corrected chi connectivity index (χ3v) is 3.90. The minimum Gasteiger partial charge on any atom is -0.469 e. The van der Waals surface area contributed by atoms with E-state index >= 15 is 0 Å². The lowest BCUT2D eigenvalue weighted by Gasteiger charge is -2.10. The van der Waals surface area contributed by atoms with Gasteiger partial charge in [0.15, 0.2) is 0 Å². The Morgan fingerprint density at radius 1 is 0.923 bits per heavy atom. The number of aromatic nitrogens is 2. The molecule has 0 aliphatic rings. The number of rotatable bonds is 8. The predicted molar refractivity (Wildman–Crippen MR) is 100 cm³/mol. The molecule has 0 amide bonds. The number of nitrogens with zero attached hydrogens (tertiary/aromatic N) is 2. The second kappa shape index (κ2) is 9.17. The normalized spacial score (nSPS) is 10.7. The van der Waals surface area contributed by atoms with Crippen molar-refractivity contribution in [1.82, 2.24) is 9.55 Å². The summed E-state index contributed by atoms with van der Waals surface area (Å²) < 4.78 is 12.6. The maximum absolute atomic E-state index is 12.5. The zero-order valence-corrected chi connectivity index (χ0v) is 14.9. The molecule has 2 aromatic carbocycles. The molecule has 0 bridgehead atoms. The van der Waals surface area contributed by atoms with Crippen LogP contribution in [0.5, 0.6) is 5.88 Å². The van der Waals surface area contributed by atoms with Gasteiger partial charge in [-0.3, -0.25) is 4.79 Å². The van der Waals surface area contributed by atoms with Crippen LogP contribution in [-0.2, 0) is 24.5 Å². The van der Waals surface area contributed by atoms with Crippen LogP contribution in [-0.4, -0.2) is 16.2 Å². The van der Waals surface area contributed by atoms with Crippen molar-refractivity contribution in [1.29, 1.82) is 0 Å². The lowest BCUT2D eigenvalue weighted by atomic mass is 10.2. The Hall–Kier alpha value is -2.63. The standard InChI is InChI=1S/C20H19ClN2O3/c21-18-13-23(11-12-25-14-16-7-3-1-4-8-16)20(24)19(22-18)26-15-17-9-5-2-6-10-17/h1-10,13H,11-12,14-15H2. The summed E-state index contributed by atoms with van der Waals surface area (Å²) in [5, 5.41) is 0.204. The average molecular weight is 371 g/mol. The molecule has 6 heteroatoms. The SMILES string of the molecule is O=c1c(OCc2ccccc2)nc(Cl)cn1CCOCc1ccccc1. The summed E-state index contributed by atoms with van der Waals surface area (Å²) in [6.07, 6.45) is 1.49. The van der Waals surface area contributed by atoms with Crippen LogP contribution in [0, 0.1) is 0 Å². The third kappa shape index (κ3) is 5.18. The molecular weight excluding hydrogens is 352 g/mol. The number of benzene rings is 2. The van der Waals surface area contributed by atoms with E-state index in [4.69, 9.17) is 21.1 Å². The van der Waals surface area contributed by atoms with Crippen molar-refractivity contribution in [2.75, 3.05) is 6.61 Å². The van der Waals surface area contributed by atoms with Crippen LogP contribution in [0.4, 0.5) is 0 Å². The Bertz CT molecular complexity index is 883. The van der Waals surface area contributed by atoms with Crippen molar-refractivity contribution in [2.45, 2.75) is 19.8 Å². The summed E-state index contributed by atoms with van der Waals surface area (Å²) in [4.78, 5) is 16.5. The molecule has 134 valence electrons. The fourth-order valence-electron chi connectivity index (χ4n) is 2.40. The molecular formula is C20H19ClN2O3. The van der Waals surface area contributed by atoms with Gasteiger partial charge in [-0.1, -0.05) is 72.3 Å². The fourth-order valence-corrected chi connectivity index (χ4v) is 2.59. The molecule has 1 heterocycles. The smallest absolute Gasteiger partial charge is 0.313 e. The topological polar surface area (TPSA) is 53.3 Å². The first-order valence-corrected chi connectivity index (χ1v) is 8.65. The Morgan fingerprint density at radius 2 is 1.54 bits per heavy atom. The van der Waals surface area contributed by atoms with E-state index in [1.807, 2.05) is 60.7 Å². The average Bonchev–Trinajstić information content (AvgIpc) is 2.68. The van der Waals surface area contributed by atoms with Crippen LogP contribution in [0.1, 0.15) is 11.1 Å². The zero-order chi connectivity index (χ0) is 18.2. The van der Waals surface area contributed by atoms with E-state index in [-0.39, 0.29) is 23.2 Å². The van der Waals surface area contributed by atoms with Gasteiger partial charge in [0.2, 0.25) is 0 Å². The molecule has 0 N–H and O–H groups in total. The van der Waals surface area contributed by atoms with Gasteiger partial charge in [-0.25, -0.2) is 0 Å². The van der Waals surface area contributed by atoms with Crippen LogP contribution < -0.4 is 10.3 Å². The van der Waals surface area contributed by atoms with Gasteiger partial charge in [-0.05, 0) is 11.1 Å². The third-order valence-electron chi connectivity index (χ3n) is 3.72. The van der Waals surface area contributed by atoms with Gasteiger partial charge >= 0.3 is 5.56 Å². The summed E-state index contributed by atoms with van der Waals surface area (Å²) in [6.45, 7) is 1.50. The highest BCUT2D eigenvalue weighted by Crippen LogP contribution is 2.10. The number of halogens is 1. The van der Waals surface area contributed by atoms with Gasteiger partial charge < -0.3 is 14.0 Å². The van der Waals surface area contributed by atoms with Crippen molar-refractivity contribution in [2.24, 2.45) is 0 Å². The van der Waals surface area contributed by atoms with Crippen molar-refractivity contribution >= 4 is 11.6 Å². The molecule has 3 rings (SSSR count). The highest BCUT2D eigenvalue weighted by molar-refractivity contribution is 6.29. The van der Waals surface area contributed by atoms with Crippen LogP contribution in [0.25, 0.3) is 0 Å². The Labute approximate surface area is 156 Å². The Balaban J connectivity index is 1.59. The van der Waals surface area contributed by atoms with Crippen molar-refractivity contribution < 1.29 is 9.47 Å². The van der Waals surface area contributed by atoms with Crippen molar-refractivity contribution in [3.63, 3.8) is 0 Å². The minimum atomic E-state index is -0.325. The second-order valence-corrected chi connectivity index (χ2v) is 6.07. The van der Waals surface area contributed by atoms with E-state index in [0.29, 0.717) is 19.8 Å². The van der Waals surface area contributed by atoms with Crippen molar-refractivity contribution in [3.8, 4) is 5.88 Å². The van der Waals surface area contributed by atoms with Gasteiger partial charge in [0.1, 0.15) is 11.8 Å². The zero-order valence-electron chi connectivity index (χ0n) is 14.2.